The number of hydrogen-bond acceptors (Lipinski definition) is 3. The maximum Gasteiger partial charge on any atom is 0.328 e. The zero-order valence-corrected chi connectivity index (χ0v) is 19.1. The number of benzene rings is 2. The minimum absolute atomic E-state index is 0.269. The number of rotatable bonds is 6. The number of carboxylic acids is 1. The van der Waals surface area contributed by atoms with Gasteiger partial charge in [0, 0.05) is 17.8 Å². The van der Waals surface area contributed by atoms with Crippen LogP contribution in [0.4, 0.5) is 8.78 Å². The molecule has 0 bridgehead atoms. The van der Waals surface area contributed by atoms with Crippen molar-refractivity contribution in [1.82, 2.24) is 15.2 Å². The fraction of sp³-hybridized carbons (Fsp3) is 0.179. The summed E-state index contributed by atoms with van der Waals surface area (Å²) in [5, 5.41) is 15.7. The molecule has 0 unspecified atom stereocenters. The Morgan fingerprint density at radius 3 is 2.54 bits per heavy atom. The number of carbonyl (C=O) groups is 1. The third-order valence-electron chi connectivity index (χ3n) is 6.53. The molecule has 4 aromatic rings. The van der Waals surface area contributed by atoms with Crippen molar-refractivity contribution < 1.29 is 18.7 Å². The van der Waals surface area contributed by atoms with Crippen LogP contribution in [0, 0.1) is 24.6 Å². The lowest BCUT2D eigenvalue weighted by atomic mass is 9.72. The molecular weight excluding hydrogens is 448 g/mol. The lowest BCUT2D eigenvalue weighted by Gasteiger charge is -2.32. The van der Waals surface area contributed by atoms with Gasteiger partial charge in [-0.05, 0) is 89.9 Å². The van der Waals surface area contributed by atoms with Gasteiger partial charge < -0.3 is 5.11 Å². The molecule has 1 aliphatic carbocycles. The summed E-state index contributed by atoms with van der Waals surface area (Å²) >= 11 is 0. The van der Waals surface area contributed by atoms with E-state index in [1.54, 1.807) is 24.4 Å². The highest BCUT2D eigenvalue weighted by Gasteiger charge is 2.28. The first kappa shape index (κ1) is 22.7. The average Bonchev–Trinajstić information content (AvgIpc) is 3.17. The summed E-state index contributed by atoms with van der Waals surface area (Å²) in [5.74, 6) is -1.58. The number of nitrogens with one attached hydrogen (secondary N) is 1. The van der Waals surface area contributed by atoms with Crippen LogP contribution in [0.2, 0.25) is 0 Å². The van der Waals surface area contributed by atoms with E-state index in [2.05, 4.69) is 15.2 Å². The van der Waals surface area contributed by atoms with Crippen molar-refractivity contribution in [2.75, 3.05) is 0 Å². The number of hydrogen-bond donors (Lipinski definition) is 2. The number of halogens is 2. The van der Waals surface area contributed by atoms with Crippen LogP contribution in [0.3, 0.4) is 0 Å². The van der Waals surface area contributed by atoms with Crippen LogP contribution >= 0.6 is 0 Å². The van der Waals surface area contributed by atoms with Gasteiger partial charge in [-0.25, -0.2) is 9.18 Å². The predicted molar refractivity (Wildman–Crippen MR) is 131 cm³/mol. The molecule has 0 radical (unpaired) electrons. The molecule has 2 heterocycles. The maximum atomic E-state index is 14.4. The van der Waals surface area contributed by atoms with Crippen molar-refractivity contribution in [2.45, 2.75) is 26.2 Å². The molecule has 2 aromatic heterocycles. The van der Waals surface area contributed by atoms with Gasteiger partial charge in [-0.1, -0.05) is 24.6 Å². The quantitative estimate of drug-likeness (QED) is 0.252. The normalized spacial score (nSPS) is 14.8. The van der Waals surface area contributed by atoms with E-state index < -0.39 is 11.9 Å². The minimum atomic E-state index is -1.05. The third-order valence-corrected chi connectivity index (χ3v) is 6.53. The lowest BCUT2D eigenvalue weighted by molar-refractivity contribution is -0.131. The number of aryl methyl sites for hydroxylation is 1. The molecule has 35 heavy (non-hydrogen) atoms. The van der Waals surface area contributed by atoms with Crippen LogP contribution in [-0.2, 0) is 4.79 Å². The molecule has 176 valence electrons. The first-order chi connectivity index (χ1) is 16.9. The van der Waals surface area contributed by atoms with Crippen LogP contribution < -0.4 is 0 Å². The monoisotopic (exact) mass is 471 g/mol. The van der Waals surface area contributed by atoms with Crippen molar-refractivity contribution in [3.63, 3.8) is 0 Å². The second kappa shape index (κ2) is 9.25. The SMILES string of the molecule is Cc1cc(F)ccc1/C(=C(\c1ccc(/C=C/C(=O)O)nc1)c1ccc2n[nH]c(F)c2c1)C1CCC1. The van der Waals surface area contributed by atoms with Crippen LogP contribution in [-0.4, -0.2) is 26.3 Å². The standard InChI is InChI=1S/C28H23F2N3O2/c1-16-13-20(29)7-10-22(16)27(17-3-2-4-17)26(18-6-11-24-23(14-18)28(30)33-32-24)19-5-8-21(31-15-19)9-12-25(34)35/h5-15,17H,2-4H2,1H3,(H,32,33)(H,34,35)/b12-9+,27-26-. The van der Waals surface area contributed by atoms with E-state index in [9.17, 15) is 13.6 Å². The van der Waals surface area contributed by atoms with Gasteiger partial charge in [-0.15, -0.1) is 0 Å². The molecule has 1 fully saturated rings. The number of H-pyrrole nitrogens is 1. The van der Waals surface area contributed by atoms with Crippen molar-refractivity contribution in [3.05, 3.63) is 101 Å². The molecule has 0 amide bonds. The van der Waals surface area contributed by atoms with Gasteiger partial charge in [-0.2, -0.15) is 9.49 Å². The topological polar surface area (TPSA) is 78.9 Å². The van der Waals surface area contributed by atoms with Gasteiger partial charge in [0.2, 0.25) is 5.95 Å². The molecule has 0 saturated heterocycles. The fourth-order valence-corrected chi connectivity index (χ4v) is 4.61. The Kier molecular flexibility index (Phi) is 5.99. The second-order valence-corrected chi connectivity index (χ2v) is 8.79. The van der Waals surface area contributed by atoms with Gasteiger partial charge in [0.1, 0.15) is 5.82 Å². The Hall–Kier alpha value is -4.13. The Morgan fingerprint density at radius 2 is 1.89 bits per heavy atom. The van der Waals surface area contributed by atoms with Crippen molar-refractivity contribution in [1.29, 1.82) is 0 Å². The van der Waals surface area contributed by atoms with Crippen molar-refractivity contribution >= 4 is 34.1 Å². The summed E-state index contributed by atoms with van der Waals surface area (Å²) in [4.78, 5) is 15.3. The summed E-state index contributed by atoms with van der Waals surface area (Å²) in [6, 6.07) is 13.9. The van der Waals surface area contributed by atoms with Gasteiger partial charge in [0.25, 0.3) is 0 Å². The lowest BCUT2D eigenvalue weighted by Crippen LogP contribution is -2.16. The Labute approximate surface area is 200 Å². The Bertz CT molecular complexity index is 1480. The predicted octanol–water partition coefficient (Wildman–Crippen LogP) is 6.40. The highest BCUT2D eigenvalue weighted by molar-refractivity contribution is 6.01. The number of fused-ring (bicyclic) bond motifs is 1. The molecule has 1 aliphatic rings. The molecule has 2 N–H and O–H groups in total. The van der Waals surface area contributed by atoms with Gasteiger partial charge in [0.05, 0.1) is 16.6 Å². The molecule has 0 aliphatic heterocycles. The van der Waals surface area contributed by atoms with Gasteiger partial charge in [-0.3, -0.25) is 10.1 Å². The van der Waals surface area contributed by atoms with E-state index in [0.29, 0.717) is 16.6 Å². The van der Waals surface area contributed by atoms with E-state index in [1.807, 2.05) is 25.1 Å². The van der Waals surface area contributed by atoms with E-state index in [-0.39, 0.29) is 11.7 Å². The molecule has 5 rings (SSSR count). The summed E-state index contributed by atoms with van der Waals surface area (Å²) in [6.07, 6.45) is 7.28. The highest BCUT2D eigenvalue weighted by atomic mass is 19.1. The Morgan fingerprint density at radius 1 is 1.09 bits per heavy atom. The minimum Gasteiger partial charge on any atom is -0.478 e. The fourth-order valence-electron chi connectivity index (χ4n) is 4.61. The summed E-state index contributed by atoms with van der Waals surface area (Å²) in [5.41, 5.74) is 6.41. The average molecular weight is 472 g/mol. The number of aliphatic carboxylic acids is 1. The molecule has 0 atom stereocenters. The van der Waals surface area contributed by atoms with E-state index in [1.165, 1.54) is 18.2 Å². The molecule has 1 saturated carbocycles. The Balaban J connectivity index is 1.76. The molecule has 2 aromatic carbocycles. The number of carboxylic acid groups (broad SMARTS) is 1. The first-order valence-electron chi connectivity index (χ1n) is 11.4. The smallest absolute Gasteiger partial charge is 0.328 e. The number of aromatic nitrogens is 3. The van der Waals surface area contributed by atoms with Crippen LogP contribution in [0.25, 0.3) is 28.1 Å². The number of pyridine rings is 1. The van der Waals surface area contributed by atoms with E-state index in [0.717, 1.165) is 58.7 Å². The van der Waals surface area contributed by atoms with Gasteiger partial charge in [0.15, 0.2) is 0 Å². The largest absolute Gasteiger partial charge is 0.478 e. The van der Waals surface area contributed by atoms with Crippen LogP contribution in [0.15, 0.2) is 60.8 Å². The van der Waals surface area contributed by atoms with Crippen molar-refractivity contribution in [3.8, 4) is 0 Å². The number of allylic oxidation sites excluding steroid dienone is 1. The van der Waals surface area contributed by atoms with Crippen LogP contribution in [0.1, 0.15) is 47.2 Å². The zero-order chi connectivity index (χ0) is 24.5. The number of nitrogens with zero attached hydrogens (tertiary/aromatic N) is 2. The molecular formula is C28H23F2N3O2. The van der Waals surface area contributed by atoms with E-state index >= 15 is 0 Å². The molecule has 5 nitrogen and oxygen atoms in total. The highest BCUT2D eigenvalue weighted by Crippen LogP contribution is 2.46. The van der Waals surface area contributed by atoms with Crippen LogP contribution in [0.5, 0.6) is 0 Å². The summed E-state index contributed by atoms with van der Waals surface area (Å²) in [7, 11) is 0. The van der Waals surface area contributed by atoms with Gasteiger partial charge >= 0.3 is 5.97 Å². The van der Waals surface area contributed by atoms with E-state index in [4.69, 9.17) is 5.11 Å². The first-order valence-corrected chi connectivity index (χ1v) is 11.4. The second-order valence-electron chi connectivity index (χ2n) is 8.79. The maximum absolute atomic E-state index is 14.4. The van der Waals surface area contributed by atoms with Crippen molar-refractivity contribution in [2.24, 2.45) is 5.92 Å². The molecule has 7 heteroatoms. The molecule has 0 spiro atoms. The summed E-state index contributed by atoms with van der Waals surface area (Å²) in [6.45, 7) is 1.89. The summed E-state index contributed by atoms with van der Waals surface area (Å²) < 4.78 is 28.4. The third kappa shape index (κ3) is 4.49. The number of aromatic amines is 1. The zero-order valence-electron chi connectivity index (χ0n) is 19.1.